The Morgan fingerprint density at radius 2 is 2.43 bits per heavy atom. The Hall–Kier alpha value is -2.34. The van der Waals surface area contributed by atoms with Crippen molar-refractivity contribution in [2.24, 2.45) is 5.73 Å². The van der Waals surface area contributed by atoms with Crippen molar-refractivity contribution in [1.29, 1.82) is 0 Å². The summed E-state index contributed by atoms with van der Waals surface area (Å²) in [6, 6.07) is 5.67. The van der Waals surface area contributed by atoms with Gasteiger partial charge in [-0.15, -0.1) is 0 Å². The van der Waals surface area contributed by atoms with E-state index in [0.29, 0.717) is 13.0 Å². The minimum atomic E-state index is -0.996. The summed E-state index contributed by atoms with van der Waals surface area (Å²) in [4.78, 5) is 19.4. The van der Waals surface area contributed by atoms with Crippen molar-refractivity contribution in [3.63, 3.8) is 0 Å². The first-order chi connectivity index (χ1) is 10.1. The molecule has 1 atom stereocenters. The molecule has 0 bridgehead atoms. The zero-order valence-corrected chi connectivity index (χ0v) is 11.8. The summed E-state index contributed by atoms with van der Waals surface area (Å²) in [5, 5.41) is 2.87. The number of ether oxygens (including phenoxy) is 1. The molecule has 1 aromatic carbocycles. The van der Waals surface area contributed by atoms with E-state index < -0.39 is 5.54 Å². The van der Waals surface area contributed by atoms with E-state index in [1.807, 2.05) is 18.2 Å². The molecule has 6 nitrogen and oxygen atoms in total. The van der Waals surface area contributed by atoms with E-state index in [1.165, 1.54) is 0 Å². The van der Waals surface area contributed by atoms with Gasteiger partial charge in [0, 0.05) is 6.20 Å². The summed E-state index contributed by atoms with van der Waals surface area (Å²) in [6.07, 6.45) is 4.58. The number of carbonyl (C=O) groups excluding carboxylic acids is 1. The number of aromatic amines is 1. The molecule has 1 aromatic heterocycles. The second kappa shape index (κ2) is 5.21. The zero-order chi connectivity index (χ0) is 14.9. The summed E-state index contributed by atoms with van der Waals surface area (Å²) >= 11 is 0. The second-order valence-electron chi connectivity index (χ2n) is 5.22. The number of nitrogens with two attached hydrogens (primary N) is 1. The summed E-state index contributed by atoms with van der Waals surface area (Å²) in [5.74, 6) is 0.616. The van der Waals surface area contributed by atoms with Gasteiger partial charge in [-0.2, -0.15) is 0 Å². The van der Waals surface area contributed by atoms with E-state index in [2.05, 4.69) is 15.3 Å². The van der Waals surface area contributed by atoms with E-state index in [0.717, 1.165) is 29.0 Å². The third-order valence-corrected chi connectivity index (χ3v) is 4.00. The largest absolute Gasteiger partial charge is 0.496 e. The molecule has 0 radical (unpaired) electrons. The lowest BCUT2D eigenvalue weighted by molar-refractivity contribution is -0.126. The van der Waals surface area contributed by atoms with E-state index in [1.54, 1.807) is 19.6 Å². The molecular formula is C15H18N4O2. The average Bonchev–Trinajstić information content (AvgIpc) is 3.13. The van der Waals surface area contributed by atoms with Gasteiger partial charge in [0.25, 0.3) is 0 Å². The Kier molecular flexibility index (Phi) is 3.39. The third kappa shape index (κ3) is 2.27. The number of nitrogens with one attached hydrogen (secondary N) is 2. The highest BCUT2D eigenvalue weighted by Gasteiger charge is 2.42. The molecule has 3 rings (SSSR count). The van der Waals surface area contributed by atoms with E-state index in [9.17, 15) is 4.79 Å². The first-order valence-corrected chi connectivity index (χ1v) is 6.86. The molecular weight excluding hydrogens is 268 g/mol. The van der Waals surface area contributed by atoms with E-state index in [-0.39, 0.29) is 5.91 Å². The Morgan fingerprint density at radius 1 is 1.57 bits per heavy atom. The molecule has 2 aromatic rings. The zero-order valence-electron chi connectivity index (χ0n) is 11.8. The fourth-order valence-electron chi connectivity index (χ4n) is 2.84. The molecule has 0 spiro atoms. The number of nitrogens with zero attached hydrogens (tertiary/aromatic N) is 1. The highest BCUT2D eigenvalue weighted by molar-refractivity contribution is 5.89. The maximum atomic E-state index is 12.5. The molecule has 1 aliphatic carbocycles. The Morgan fingerprint density at radius 3 is 3.14 bits per heavy atom. The van der Waals surface area contributed by atoms with Gasteiger partial charge in [-0.1, -0.05) is 12.1 Å². The topological polar surface area (TPSA) is 93.0 Å². The van der Waals surface area contributed by atoms with Gasteiger partial charge in [-0.05, 0) is 30.0 Å². The lowest BCUT2D eigenvalue weighted by Crippen LogP contribution is -2.49. The lowest BCUT2D eigenvalue weighted by atomic mass is 9.92. The SMILES string of the molecule is COc1cccc2c1CCC2(N)C(=O)NCc1cnc[nH]1. The summed E-state index contributed by atoms with van der Waals surface area (Å²) < 4.78 is 5.35. The Balaban J connectivity index is 1.81. The first kappa shape index (κ1) is 13.6. The number of fused-ring (bicyclic) bond motifs is 1. The van der Waals surface area contributed by atoms with Crippen molar-refractivity contribution < 1.29 is 9.53 Å². The second-order valence-corrected chi connectivity index (χ2v) is 5.22. The predicted octanol–water partition coefficient (Wildman–Crippen LogP) is 0.835. The average molecular weight is 286 g/mol. The molecule has 6 heteroatoms. The Labute approximate surface area is 122 Å². The molecule has 110 valence electrons. The van der Waals surface area contributed by atoms with Crippen LogP contribution in [0, 0.1) is 0 Å². The number of H-pyrrole nitrogens is 1. The van der Waals surface area contributed by atoms with Crippen LogP contribution in [0.2, 0.25) is 0 Å². The molecule has 0 saturated carbocycles. The van der Waals surface area contributed by atoms with Gasteiger partial charge in [0.1, 0.15) is 11.3 Å². The van der Waals surface area contributed by atoms with Crippen LogP contribution in [0.15, 0.2) is 30.7 Å². The number of imidazole rings is 1. The van der Waals surface area contributed by atoms with Crippen LogP contribution in [0.1, 0.15) is 23.2 Å². The van der Waals surface area contributed by atoms with E-state index in [4.69, 9.17) is 10.5 Å². The molecule has 1 heterocycles. The van der Waals surface area contributed by atoms with Crippen LogP contribution in [0.4, 0.5) is 0 Å². The van der Waals surface area contributed by atoms with Crippen LogP contribution >= 0.6 is 0 Å². The molecule has 1 amide bonds. The van der Waals surface area contributed by atoms with Crippen molar-refractivity contribution in [1.82, 2.24) is 15.3 Å². The number of aromatic nitrogens is 2. The van der Waals surface area contributed by atoms with Crippen molar-refractivity contribution in [3.05, 3.63) is 47.5 Å². The summed E-state index contributed by atoms with van der Waals surface area (Å²) in [7, 11) is 1.63. The number of benzene rings is 1. The van der Waals surface area contributed by atoms with Crippen molar-refractivity contribution >= 4 is 5.91 Å². The van der Waals surface area contributed by atoms with Crippen LogP contribution in [-0.2, 0) is 23.3 Å². The third-order valence-electron chi connectivity index (χ3n) is 4.00. The molecule has 1 aliphatic rings. The fourth-order valence-corrected chi connectivity index (χ4v) is 2.84. The number of amides is 1. The molecule has 0 fully saturated rings. The van der Waals surface area contributed by atoms with Crippen molar-refractivity contribution in [3.8, 4) is 5.75 Å². The normalized spacial score (nSPS) is 20.1. The highest BCUT2D eigenvalue weighted by Crippen LogP contribution is 2.39. The van der Waals surface area contributed by atoms with Crippen molar-refractivity contribution in [2.75, 3.05) is 7.11 Å². The van der Waals surface area contributed by atoms with Crippen LogP contribution in [0.25, 0.3) is 0 Å². The van der Waals surface area contributed by atoms with Gasteiger partial charge in [0.2, 0.25) is 5.91 Å². The maximum Gasteiger partial charge on any atom is 0.245 e. The predicted molar refractivity (Wildman–Crippen MR) is 77.6 cm³/mol. The molecule has 0 aliphatic heterocycles. The number of rotatable bonds is 4. The van der Waals surface area contributed by atoms with E-state index >= 15 is 0 Å². The minimum absolute atomic E-state index is 0.177. The minimum Gasteiger partial charge on any atom is -0.496 e. The number of carbonyl (C=O) groups is 1. The van der Waals surface area contributed by atoms with Crippen LogP contribution in [0.3, 0.4) is 0 Å². The van der Waals surface area contributed by atoms with Crippen LogP contribution in [-0.4, -0.2) is 23.0 Å². The Bertz CT molecular complexity index is 654. The monoisotopic (exact) mass is 286 g/mol. The standard InChI is InChI=1S/C15H18N4O2/c1-21-13-4-2-3-12-11(13)5-6-15(12,16)14(20)18-8-10-7-17-9-19-10/h2-4,7,9H,5-6,8,16H2,1H3,(H,17,19)(H,18,20). The van der Waals surface area contributed by atoms with Gasteiger partial charge in [-0.3, -0.25) is 4.79 Å². The highest BCUT2D eigenvalue weighted by atomic mass is 16.5. The molecule has 21 heavy (non-hydrogen) atoms. The molecule has 1 unspecified atom stereocenters. The van der Waals surface area contributed by atoms with Crippen LogP contribution in [0.5, 0.6) is 5.75 Å². The van der Waals surface area contributed by atoms with Gasteiger partial charge < -0.3 is 20.8 Å². The fraction of sp³-hybridized carbons (Fsp3) is 0.333. The van der Waals surface area contributed by atoms with Gasteiger partial charge in [-0.25, -0.2) is 4.98 Å². The smallest absolute Gasteiger partial charge is 0.245 e. The van der Waals surface area contributed by atoms with Crippen molar-refractivity contribution in [2.45, 2.75) is 24.9 Å². The summed E-state index contributed by atoms with van der Waals surface area (Å²) in [6.45, 7) is 0.386. The lowest BCUT2D eigenvalue weighted by Gasteiger charge is -2.24. The first-order valence-electron chi connectivity index (χ1n) is 6.86. The van der Waals surface area contributed by atoms with Gasteiger partial charge in [0.15, 0.2) is 0 Å². The number of hydrogen-bond donors (Lipinski definition) is 3. The molecule has 4 N–H and O–H groups in total. The van der Waals surface area contributed by atoms with Gasteiger partial charge in [0.05, 0.1) is 25.7 Å². The quantitative estimate of drug-likeness (QED) is 0.776. The van der Waals surface area contributed by atoms with Crippen LogP contribution < -0.4 is 15.8 Å². The number of hydrogen-bond acceptors (Lipinski definition) is 4. The molecule has 0 saturated heterocycles. The van der Waals surface area contributed by atoms with Gasteiger partial charge >= 0.3 is 0 Å². The number of methoxy groups -OCH3 is 1. The maximum absolute atomic E-state index is 12.5. The summed E-state index contributed by atoms with van der Waals surface area (Å²) in [5.41, 5.74) is 8.11.